The lowest BCUT2D eigenvalue weighted by molar-refractivity contribution is 0.320. The largest absolute Gasteiger partial charge is 0.410 e. The number of oxime groups is 1. The van der Waals surface area contributed by atoms with Crippen LogP contribution in [0.15, 0.2) is 15.8 Å². The number of aryl methyl sites for hydroxylation is 1. The van der Waals surface area contributed by atoms with Crippen LogP contribution in [0.1, 0.15) is 5.69 Å². The summed E-state index contributed by atoms with van der Waals surface area (Å²) in [6.07, 6.45) is 1.57. The van der Waals surface area contributed by atoms with Crippen molar-refractivity contribution < 1.29 is 5.21 Å². The molecule has 0 aliphatic rings. The zero-order valence-electron chi connectivity index (χ0n) is 5.62. The Morgan fingerprint density at radius 2 is 2.55 bits per heavy atom. The molecule has 1 rings (SSSR count). The highest BCUT2D eigenvalue weighted by atomic mass is 79.9. The van der Waals surface area contributed by atoms with Crippen molar-refractivity contribution in [3.8, 4) is 0 Å². The van der Waals surface area contributed by atoms with E-state index in [1.807, 2.05) is 0 Å². The second kappa shape index (κ2) is 3.23. The molecular formula is C5H5BrClN3O. The fourth-order valence-electron chi connectivity index (χ4n) is 0.690. The first-order valence-electron chi connectivity index (χ1n) is 2.72. The summed E-state index contributed by atoms with van der Waals surface area (Å²) in [5, 5.41) is 15.1. The first-order chi connectivity index (χ1) is 5.16. The van der Waals surface area contributed by atoms with E-state index in [9.17, 15) is 0 Å². The summed E-state index contributed by atoms with van der Waals surface area (Å²) in [5.74, 6) is 0. The average Bonchev–Trinajstić information content (AvgIpc) is 2.30. The fourth-order valence-corrected chi connectivity index (χ4v) is 1.56. The Kier molecular flexibility index (Phi) is 2.51. The number of hydrogen-bond acceptors (Lipinski definition) is 3. The zero-order valence-corrected chi connectivity index (χ0v) is 7.96. The molecule has 0 atom stereocenters. The molecule has 0 saturated carbocycles. The predicted octanol–water partition coefficient (Wildman–Crippen LogP) is 1.56. The molecule has 4 nitrogen and oxygen atoms in total. The van der Waals surface area contributed by atoms with Gasteiger partial charge in [0.05, 0.1) is 10.7 Å². The Bertz CT molecular complexity index is 276. The summed E-state index contributed by atoms with van der Waals surface area (Å²) in [6, 6.07) is 0. The Hall–Kier alpha value is -0.550. The van der Waals surface area contributed by atoms with Crippen LogP contribution in [0.2, 0.25) is 0 Å². The van der Waals surface area contributed by atoms with Crippen LogP contribution in [0.4, 0.5) is 0 Å². The van der Waals surface area contributed by atoms with E-state index in [0.717, 1.165) is 0 Å². The third kappa shape index (κ3) is 1.54. The first-order valence-corrected chi connectivity index (χ1v) is 3.89. The second-order valence-electron chi connectivity index (χ2n) is 1.86. The molecule has 0 saturated heterocycles. The van der Waals surface area contributed by atoms with Crippen LogP contribution in [0.3, 0.4) is 0 Å². The molecule has 1 heterocycles. The standard InChI is InChI=1S/C5H5BrClN3O/c1-10-4(5(7)9-11)3(6)2-8-10/h2,11H,1H3/b9-5-. The van der Waals surface area contributed by atoms with E-state index in [2.05, 4.69) is 26.2 Å². The minimum absolute atomic E-state index is 0.0110. The molecule has 0 radical (unpaired) electrons. The Morgan fingerprint density at radius 3 is 2.91 bits per heavy atom. The lowest BCUT2D eigenvalue weighted by atomic mass is 10.5. The van der Waals surface area contributed by atoms with Gasteiger partial charge in [0.2, 0.25) is 0 Å². The van der Waals surface area contributed by atoms with E-state index in [1.54, 1.807) is 13.2 Å². The molecule has 11 heavy (non-hydrogen) atoms. The highest BCUT2D eigenvalue weighted by Gasteiger charge is 2.10. The lowest BCUT2D eigenvalue weighted by Gasteiger charge is -1.96. The van der Waals surface area contributed by atoms with Crippen LogP contribution < -0.4 is 0 Å². The number of aromatic nitrogens is 2. The molecule has 0 aromatic carbocycles. The smallest absolute Gasteiger partial charge is 0.194 e. The van der Waals surface area contributed by atoms with Crippen LogP contribution in [-0.4, -0.2) is 20.2 Å². The third-order valence-corrected chi connectivity index (χ3v) is 2.01. The monoisotopic (exact) mass is 237 g/mol. The van der Waals surface area contributed by atoms with Crippen LogP contribution in [0.5, 0.6) is 0 Å². The second-order valence-corrected chi connectivity index (χ2v) is 3.07. The maximum Gasteiger partial charge on any atom is 0.194 e. The number of rotatable bonds is 1. The molecular weight excluding hydrogens is 233 g/mol. The van der Waals surface area contributed by atoms with Gasteiger partial charge in [0.15, 0.2) is 5.17 Å². The van der Waals surface area contributed by atoms with Gasteiger partial charge < -0.3 is 5.21 Å². The molecule has 0 amide bonds. The van der Waals surface area contributed by atoms with Gasteiger partial charge in [0, 0.05) is 7.05 Å². The highest BCUT2D eigenvalue weighted by Crippen LogP contribution is 2.17. The van der Waals surface area contributed by atoms with Gasteiger partial charge in [-0.2, -0.15) is 5.10 Å². The van der Waals surface area contributed by atoms with Gasteiger partial charge in [-0.15, -0.1) is 0 Å². The van der Waals surface area contributed by atoms with Gasteiger partial charge in [-0.25, -0.2) is 0 Å². The molecule has 0 aliphatic heterocycles. The average molecular weight is 238 g/mol. The van der Waals surface area contributed by atoms with E-state index in [-0.39, 0.29) is 5.17 Å². The molecule has 1 N–H and O–H groups in total. The Morgan fingerprint density at radius 1 is 1.91 bits per heavy atom. The summed E-state index contributed by atoms with van der Waals surface area (Å²) >= 11 is 8.75. The van der Waals surface area contributed by atoms with E-state index < -0.39 is 0 Å². The van der Waals surface area contributed by atoms with E-state index in [0.29, 0.717) is 10.2 Å². The maximum absolute atomic E-state index is 8.35. The normalized spacial score (nSPS) is 12.1. The van der Waals surface area contributed by atoms with E-state index in [4.69, 9.17) is 16.8 Å². The van der Waals surface area contributed by atoms with Gasteiger partial charge in [-0.1, -0.05) is 16.8 Å². The number of hydrogen-bond donors (Lipinski definition) is 1. The molecule has 0 bridgehead atoms. The highest BCUT2D eigenvalue weighted by molar-refractivity contribution is 9.10. The third-order valence-electron chi connectivity index (χ3n) is 1.18. The quantitative estimate of drug-likeness (QED) is 0.458. The zero-order chi connectivity index (χ0) is 8.43. The molecule has 6 heteroatoms. The summed E-state index contributed by atoms with van der Waals surface area (Å²) in [4.78, 5) is 0. The fraction of sp³-hybridized carbons (Fsp3) is 0.200. The number of nitrogens with zero attached hydrogens (tertiary/aromatic N) is 3. The molecule has 1 aromatic rings. The molecule has 60 valence electrons. The molecule has 0 spiro atoms. The van der Waals surface area contributed by atoms with Crippen LogP contribution in [0.25, 0.3) is 0 Å². The predicted molar refractivity (Wildman–Crippen MR) is 45.1 cm³/mol. The van der Waals surface area contributed by atoms with Crippen molar-refractivity contribution in [3.63, 3.8) is 0 Å². The summed E-state index contributed by atoms with van der Waals surface area (Å²) in [6.45, 7) is 0. The van der Waals surface area contributed by atoms with Crippen molar-refractivity contribution in [2.24, 2.45) is 12.2 Å². The minimum Gasteiger partial charge on any atom is -0.410 e. The summed E-state index contributed by atoms with van der Waals surface area (Å²) in [5.41, 5.74) is 0.550. The van der Waals surface area contributed by atoms with Gasteiger partial charge in [-0.3, -0.25) is 4.68 Å². The number of halogens is 2. The maximum atomic E-state index is 8.35. The Labute approximate surface area is 76.6 Å². The molecule has 1 aromatic heterocycles. The molecule has 0 unspecified atom stereocenters. The van der Waals surface area contributed by atoms with Gasteiger partial charge in [0.25, 0.3) is 0 Å². The van der Waals surface area contributed by atoms with Crippen LogP contribution in [-0.2, 0) is 7.05 Å². The van der Waals surface area contributed by atoms with Crippen LogP contribution in [0, 0.1) is 0 Å². The van der Waals surface area contributed by atoms with E-state index >= 15 is 0 Å². The van der Waals surface area contributed by atoms with Crippen molar-refractivity contribution >= 4 is 32.7 Å². The SMILES string of the molecule is Cn1ncc(Br)c1/C(Cl)=N/O. The van der Waals surface area contributed by atoms with Crippen molar-refractivity contribution in [1.29, 1.82) is 0 Å². The van der Waals surface area contributed by atoms with Crippen LogP contribution >= 0.6 is 27.5 Å². The summed E-state index contributed by atoms with van der Waals surface area (Å²) < 4.78 is 2.20. The lowest BCUT2D eigenvalue weighted by Crippen LogP contribution is -2.02. The van der Waals surface area contributed by atoms with Crippen molar-refractivity contribution in [3.05, 3.63) is 16.4 Å². The van der Waals surface area contributed by atoms with E-state index in [1.165, 1.54) is 4.68 Å². The van der Waals surface area contributed by atoms with Crippen molar-refractivity contribution in [1.82, 2.24) is 9.78 Å². The van der Waals surface area contributed by atoms with Crippen molar-refractivity contribution in [2.75, 3.05) is 0 Å². The van der Waals surface area contributed by atoms with Gasteiger partial charge >= 0.3 is 0 Å². The Balaban J connectivity index is 3.21. The minimum atomic E-state index is 0.0110. The van der Waals surface area contributed by atoms with Gasteiger partial charge in [0.1, 0.15) is 5.69 Å². The molecule has 0 fully saturated rings. The summed E-state index contributed by atoms with van der Waals surface area (Å²) in [7, 11) is 1.70. The molecule has 0 aliphatic carbocycles. The van der Waals surface area contributed by atoms with Crippen molar-refractivity contribution in [2.45, 2.75) is 0 Å². The first kappa shape index (κ1) is 8.55. The van der Waals surface area contributed by atoms with Gasteiger partial charge in [-0.05, 0) is 15.9 Å². The topological polar surface area (TPSA) is 50.4 Å².